The van der Waals surface area contributed by atoms with E-state index in [0.29, 0.717) is 11.3 Å². The number of anilines is 1. The summed E-state index contributed by atoms with van der Waals surface area (Å²) in [6.45, 7) is 1.70. The number of nitrogens with one attached hydrogen (secondary N) is 1. The van der Waals surface area contributed by atoms with E-state index in [9.17, 15) is 13.2 Å². The standard InChI is InChI=1S/C19H20N2O3S/c1-4-15-9-11-18(12-10-15)25(23,24)21(3)14-19(22)20-17-8-6-7-16(5-2)13-17/h2,6-13H,4,14H2,1,3H3,(H,20,22). The van der Waals surface area contributed by atoms with E-state index in [4.69, 9.17) is 6.42 Å². The van der Waals surface area contributed by atoms with Crippen molar-refractivity contribution in [1.29, 1.82) is 0 Å². The molecule has 0 heterocycles. The highest BCUT2D eigenvalue weighted by Gasteiger charge is 2.22. The molecular formula is C19H20N2O3S. The van der Waals surface area contributed by atoms with Gasteiger partial charge in [-0.3, -0.25) is 4.79 Å². The van der Waals surface area contributed by atoms with Crippen LogP contribution >= 0.6 is 0 Å². The number of aryl methyl sites for hydroxylation is 1. The normalized spacial score (nSPS) is 11.1. The molecule has 25 heavy (non-hydrogen) atoms. The van der Waals surface area contributed by atoms with E-state index in [1.807, 2.05) is 6.92 Å². The summed E-state index contributed by atoms with van der Waals surface area (Å²) in [5, 5.41) is 2.65. The first-order valence-electron chi connectivity index (χ1n) is 7.78. The number of hydrogen-bond donors (Lipinski definition) is 1. The molecule has 0 aliphatic heterocycles. The van der Waals surface area contributed by atoms with Crippen molar-refractivity contribution in [3.8, 4) is 12.3 Å². The molecule has 0 saturated carbocycles. The Bertz CT molecular complexity index is 897. The third-order valence-corrected chi connectivity index (χ3v) is 5.54. The van der Waals surface area contributed by atoms with Crippen LogP contribution in [0.3, 0.4) is 0 Å². The van der Waals surface area contributed by atoms with Crippen molar-refractivity contribution >= 4 is 21.6 Å². The van der Waals surface area contributed by atoms with Crippen molar-refractivity contribution in [2.75, 3.05) is 18.9 Å². The lowest BCUT2D eigenvalue weighted by Crippen LogP contribution is -2.35. The molecule has 0 radical (unpaired) electrons. The quantitative estimate of drug-likeness (QED) is 0.809. The van der Waals surface area contributed by atoms with Gasteiger partial charge in [0.1, 0.15) is 0 Å². The fourth-order valence-electron chi connectivity index (χ4n) is 2.25. The molecule has 0 fully saturated rings. The van der Waals surface area contributed by atoms with Crippen LogP contribution in [0, 0.1) is 12.3 Å². The highest BCUT2D eigenvalue weighted by atomic mass is 32.2. The van der Waals surface area contributed by atoms with Gasteiger partial charge in [0.2, 0.25) is 15.9 Å². The monoisotopic (exact) mass is 356 g/mol. The summed E-state index contributed by atoms with van der Waals surface area (Å²) in [4.78, 5) is 12.3. The molecule has 6 heteroatoms. The number of carbonyl (C=O) groups is 1. The summed E-state index contributed by atoms with van der Waals surface area (Å²) in [5.74, 6) is 2.04. The van der Waals surface area contributed by atoms with Crippen LogP contribution in [0.1, 0.15) is 18.1 Å². The van der Waals surface area contributed by atoms with Crippen molar-refractivity contribution < 1.29 is 13.2 Å². The van der Waals surface area contributed by atoms with Gasteiger partial charge in [0.05, 0.1) is 11.4 Å². The third-order valence-electron chi connectivity index (χ3n) is 3.72. The minimum atomic E-state index is -3.72. The van der Waals surface area contributed by atoms with Crippen molar-refractivity contribution in [1.82, 2.24) is 4.31 Å². The first-order chi connectivity index (χ1) is 11.9. The van der Waals surface area contributed by atoms with Gasteiger partial charge in [-0.25, -0.2) is 8.42 Å². The average molecular weight is 356 g/mol. The Hall–Kier alpha value is -2.62. The molecule has 1 amide bonds. The van der Waals surface area contributed by atoms with E-state index >= 15 is 0 Å². The van der Waals surface area contributed by atoms with Crippen LogP contribution in [0.5, 0.6) is 0 Å². The molecule has 2 aromatic carbocycles. The Labute approximate surface area is 148 Å². The van der Waals surface area contributed by atoms with Crippen molar-refractivity contribution in [2.24, 2.45) is 0 Å². The minimum absolute atomic E-state index is 0.161. The van der Waals surface area contributed by atoms with Gasteiger partial charge >= 0.3 is 0 Å². The van der Waals surface area contributed by atoms with Crippen molar-refractivity contribution in [3.05, 3.63) is 59.7 Å². The number of hydrogen-bond acceptors (Lipinski definition) is 3. The third kappa shape index (κ3) is 4.69. The Kier molecular flexibility index (Phi) is 5.97. The molecule has 0 aliphatic carbocycles. The Morgan fingerprint density at radius 2 is 1.88 bits per heavy atom. The number of rotatable bonds is 6. The van der Waals surface area contributed by atoms with E-state index < -0.39 is 15.9 Å². The molecule has 0 bridgehead atoms. The van der Waals surface area contributed by atoms with Gasteiger partial charge < -0.3 is 5.32 Å². The molecule has 0 unspecified atom stereocenters. The minimum Gasteiger partial charge on any atom is -0.325 e. The van der Waals surface area contributed by atoms with Crippen LogP contribution in [0.4, 0.5) is 5.69 Å². The fourth-order valence-corrected chi connectivity index (χ4v) is 3.38. The number of amides is 1. The van der Waals surface area contributed by atoms with Gasteiger partial charge in [0, 0.05) is 18.3 Å². The van der Waals surface area contributed by atoms with Gasteiger partial charge in [-0.05, 0) is 42.3 Å². The molecule has 2 rings (SSSR count). The van der Waals surface area contributed by atoms with Crippen LogP contribution in [-0.2, 0) is 21.2 Å². The number of sulfonamides is 1. The molecule has 5 nitrogen and oxygen atoms in total. The Morgan fingerprint density at radius 3 is 2.48 bits per heavy atom. The van der Waals surface area contributed by atoms with E-state index in [1.54, 1.807) is 48.5 Å². The Balaban J connectivity index is 2.07. The lowest BCUT2D eigenvalue weighted by molar-refractivity contribution is -0.116. The van der Waals surface area contributed by atoms with Gasteiger partial charge in [-0.1, -0.05) is 31.0 Å². The topological polar surface area (TPSA) is 66.5 Å². The number of terminal acetylenes is 1. The summed E-state index contributed by atoms with van der Waals surface area (Å²) >= 11 is 0. The van der Waals surface area contributed by atoms with Crippen LogP contribution in [0.25, 0.3) is 0 Å². The average Bonchev–Trinajstić information content (AvgIpc) is 2.61. The van der Waals surface area contributed by atoms with Crippen molar-refractivity contribution in [3.63, 3.8) is 0 Å². The van der Waals surface area contributed by atoms with Gasteiger partial charge in [0.25, 0.3) is 0 Å². The summed E-state index contributed by atoms with van der Waals surface area (Å²) in [6, 6.07) is 13.5. The molecular weight excluding hydrogens is 336 g/mol. The van der Waals surface area contributed by atoms with Gasteiger partial charge in [-0.2, -0.15) is 4.31 Å². The second-order valence-electron chi connectivity index (χ2n) is 5.53. The summed E-state index contributed by atoms with van der Waals surface area (Å²) in [6.07, 6.45) is 6.15. The van der Waals surface area contributed by atoms with Crippen LogP contribution in [0.15, 0.2) is 53.4 Å². The zero-order chi connectivity index (χ0) is 18.4. The van der Waals surface area contributed by atoms with Crippen molar-refractivity contribution in [2.45, 2.75) is 18.2 Å². The smallest absolute Gasteiger partial charge is 0.243 e. The second kappa shape index (κ2) is 7.97. The highest BCUT2D eigenvalue weighted by molar-refractivity contribution is 7.89. The first-order valence-corrected chi connectivity index (χ1v) is 9.22. The predicted molar refractivity (Wildman–Crippen MR) is 98.6 cm³/mol. The zero-order valence-electron chi connectivity index (χ0n) is 14.2. The number of likely N-dealkylation sites (N-methyl/N-ethyl adjacent to an activating group) is 1. The van der Waals surface area contributed by atoms with E-state index in [1.165, 1.54) is 7.05 Å². The molecule has 0 saturated heterocycles. The predicted octanol–water partition coefficient (Wildman–Crippen LogP) is 2.49. The molecule has 1 N–H and O–H groups in total. The molecule has 2 aromatic rings. The summed E-state index contributed by atoms with van der Waals surface area (Å²) < 4.78 is 26.1. The number of benzene rings is 2. The highest BCUT2D eigenvalue weighted by Crippen LogP contribution is 2.16. The van der Waals surface area contributed by atoms with E-state index in [0.717, 1.165) is 16.3 Å². The number of nitrogens with zero attached hydrogens (tertiary/aromatic N) is 1. The second-order valence-corrected chi connectivity index (χ2v) is 7.58. The van der Waals surface area contributed by atoms with E-state index in [2.05, 4.69) is 11.2 Å². The maximum absolute atomic E-state index is 12.5. The number of carbonyl (C=O) groups excluding carboxylic acids is 1. The van der Waals surface area contributed by atoms with Crippen LogP contribution in [0.2, 0.25) is 0 Å². The molecule has 0 spiro atoms. The molecule has 0 atom stereocenters. The van der Waals surface area contributed by atoms with Gasteiger partial charge in [-0.15, -0.1) is 6.42 Å². The zero-order valence-corrected chi connectivity index (χ0v) is 15.0. The molecule has 0 aromatic heterocycles. The van der Waals surface area contributed by atoms with Crippen LogP contribution in [-0.4, -0.2) is 32.2 Å². The SMILES string of the molecule is C#Cc1cccc(NC(=O)CN(C)S(=O)(=O)c2ccc(CC)cc2)c1. The lowest BCUT2D eigenvalue weighted by atomic mass is 10.2. The first kappa shape index (κ1) is 18.7. The fraction of sp³-hybridized carbons (Fsp3) is 0.211. The molecule has 0 aliphatic rings. The maximum Gasteiger partial charge on any atom is 0.243 e. The van der Waals surface area contributed by atoms with Gasteiger partial charge in [0.15, 0.2) is 0 Å². The van der Waals surface area contributed by atoms with Crippen LogP contribution < -0.4 is 5.32 Å². The largest absolute Gasteiger partial charge is 0.325 e. The Morgan fingerprint density at radius 1 is 1.20 bits per heavy atom. The summed E-state index contributed by atoms with van der Waals surface area (Å²) in [5.41, 5.74) is 2.21. The maximum atomic E-state index is 12.5. The van der Waals surface area contributed by atoms with E-state index in [-0.39, 0.29) is 11.4 Å². The lowest BCUT2D eigenvalue weighted by Gasteiger charge is -2.17. The summed E-state index contributed by atoms with van der Waals surface area (Å²) in [7, 11) is -2.35. The molecule has 130 valence electrons.